The van der Waals surface area contributed by atoms with E-state index >= 15 is 0 Å². The van der Waals surface area contributed by atoms with Gasteiger partial charge in [0.15, 0.2) is 0 Å². The first kappa shape index (κ1) is 17.0. The molecular weight excluding hydrogens is 348 g/mol. The van der Waals surface area contributed by atoms with Crippen molar-refractivity contribution >= 4 is 33.1 Å². The van der Waals surface area contributed by atoms with Crippen molar-refractivity contribution in [1.82, 2.24) is 9.21 Å². The van der Waals surface area contributed by atoms with Crippen molar-refractivity contribution in [2.45, 2.75) is 15.6 Å². The maximum absolute atomic E-state index is 12.5. The highest BCUT2D eigenvalue weighted by Crippen LogP contribution is 2.22. The van der Waals surface area contributed by atoms with Gasteiger partial charge in [-0.1, -0.05) is 18.2 Å². The molecule has 1 aromatic carbocycles. The van der Waals surface area contributed by atoms with Gasteiger partial charge in [-0.15, -0.1) is 23.1 Å². The van der Waals surface area contributed by atoms with E-state index in [1.54, 1.807) is 33.6 Å². The molecule has 1 aliphatic rings. The monoisotopic (exact) mass is 368 g/mol. The number of hydrogen-bond donors (Lipinski definition) is 0. The summed E-state index contributed by atoms with van der Waals surface area (Å²) in [7, 11) is -3.30. The van der Waals surface area contributed by atoms with Crippen LogP contribution in [0.4, 0.5) is 0 Å². The standard InChI is InChI=1S/C16H20N2O2S3/c1-21-15-6-4-14(5-7-15)13-17-8-10-18(11-9-17)23(19,20)16-3-2-12-22-16/h2-7,12H,8-11,13H2,1H3. The van der Waals surface area contributed by atoms with Crippen molar-refractivity contribution in [1.29, 1.82) is 0 Å². The topological polar surface area (TPSA) is 40.6 Å². The summed E-state index contributed by atoms with van der Waals surface area (Å²) in [6, 6.07) is 12.0. The summed E-state index contributed by atoms with van der Waals surface area (Å²) in [6.45, 7) is 3.54. The molecule has 1 aromatic heterocycles. The molecule has 2 aromatic rings. The van der Waals surface area contributed by atoms with Gasteiger partial charge in [-0.3, -0.25) is 4.90 Å². The molecule has 1 fully saturated rings. The van der Waals surface area contributed by atoms with Crippen LogP contribution in [-0.2, 0) is 16.6 Å². The number of hydrogen-bond acceptors (Lipinski definition) is 5. The number of thioether (sulfide) groups is 1. The minimum absolute atomic E-state index is 0.443. The molecule has 124 valence electrons. The second-order valence-electron chi connectivity index (χ2n) is 5.46. The fourth-order valence-corrected chi connectivity index (χ4v) is 5.63. The average Bonchev–Trinajstić information content (AvgIpc) is 3.11. The van der Waals surface area contributed by atoms with Crippen LogP contribution in [-0.4, -0.2) is 50.1 Å². The van der Waals surface area contributed by atoms with Gasteiger partial charge in [0.05, 0.1) is 0 Å². The zero-order valence-electron chi connectivity index (χ0n) is 13.0. The van der Waals surface area contributed by atoms with Crippen molar-refractivity contribution in [3.8, 4) is 0 Å². The Bertz CT molecular complexity index is 719. The van der Waals surface area contributed by atoms with Gasteiger partial charge in [-0.2, -0.15) is 4.31 Å². The lowest BCUT2D eigenvalue weighted by atomic mass is 10.2. The predicted molar refractivity (Wildman–Crippen MR) is 96.6 cm³/mol. The van der Waals surface area contributed by atoms with Gasteiger partial charge < -0.3 is 0 Å². The second-order valence-corrected chi connectivity index (χ2v) is 9.45. The molecule has 1 aliphatic heterocycles. The van der Waals surface area contributed by atoms with Gasteiger partial charge in [0.1, 0.15) is 4.21 Å². The summed E-state index contributed by atoms with van der Waals surface area (Å²) in [5.41, 5.74) is 1.28. The number of sulfonamides is 1. The number of benzene rings is 1. The van der Waals surface area contributed by atoms with E-state index in [9.17, 15) is 8.42 Å². The molecule has 0 spiro atoms. The van der Waals surface area contributed by atoms with Crippen molar-refractivity contribution < 1.29 is 8.42 Å². The van der Waals surface area contributed by atoms with Crippen LogP contribution in [0.15, 0.2) is 50.9 Å². The zero-order chi connectivity index (χ0) is 16.3. The Balaban J connectivity index is 1.58. The normalized spacial score (nSPS) is 17.4. The van der Waals surface area contributed by atoms with Crippen LogP contribution in [0.5, 0.6) is 0 Å². The maximum atomic E-state index is 12.5. The van der Waals surface area contributed by atoms with Crippen LogP contribution in [0.3, 0.4) is 0 Å². The lowest BCUT2D eigenvalue weighted by molar-refractivity contribution is 0.182. The molecule has 4 nitrogen and oxygen atoms in total. The smallest absolute Gasteiger partial charge is 0.252 e. The van der Waals surface area contributed by atoms with E-state index in [1.165, 1.54) is 21.8 Å². The molecule has 0 aliphatic carbocycles. The highest BCUT2D eigenvalue weighted by molar-refractivity contribution is 7.98. The van der Waals surface area contributed by atoms with E-state index in [4.69, 9.17) is 0 Å². The molecule has 0 radical (unpaired) electrons. The third-order valence-electron chi connectivity index (χ3n) is 3.99. The Morgan fingerprint density at radius 2 is 1.78 bits per heavy atom. The lowest BCUT2D eigenvalue weighted by Gasteiger charge is -2.33. The zero-order valence-corrected chi connectivity index (χ0v) is 15.5. The third kappa shape index (κ3) is 3.97. The van der Waals surface area contributed by atoms with Crippen LogP contribution in [0.25, 0.3) is 0 Å². The molecule has 3 rings (SSSR count). The minimum atomic E-state index is -3.30. The Morgan fingerprint density at radius 1 is 1.09 bits per heavy atom. The largest absolute Gasteiger partial charge is 0.296 e. The van der Waals surface area contributed by atoms with E-state index in [1.807, 2.05) is 0 Å². The predicted octanol–water partition coefficient (Wildman–Crippen LogP) is 2.98. The molecule has 23 heavy (non-hydrogen) atoms. The van der Waals surface area contributed by atoms with Gasteiger partial charge in [-0.25, -0.2) is 8.42 Å². The van der Waals surface area contributed by atoms with Crippen LogP contribution in [0, 0.1) is 0 Å². The van der Waals surface area contributed by atoms with Gasteiger partial charge >= 0.3 is 0 Å². The molecule has 0 bridgehead atoms. The highest BCUT2D eigenvalue weighted by atomic mass is 32.2. The van der Waals surface area contributed by atoms with Gasteiger partial charge in [0, 0.05) is 37.6 Å². The van der Waals surface area contributed by atoms with E-state index in [0.29, 0.717) is 17.3 Å². The maximum Gasteiger partial charge on any atom is 0.252 e. The second kappa shape index (κ2) is 7.36. The van der Waals surface area contributed by atoms with E-state index in [0.717, 1.165) is 19.6 Å². The molecule has 0 saturated carbocycles. The summed E-state index contributed by atoms with van der Waals surface area (Å²) in [5, 5.41) is 1.81. The van der Waals surface area contributed by atoms with Gasteiger partial charge in [0.2, 0.25) is 0 Å². The molecule has 2 heterocycles. The summed E-state index contributed by atoms with van der Waals surface area (Å²) in [5.74, 6) is 0. The molecule has 0 amide bonds. The Kier molecular flexibility index (Phi) is 5.43. The lowest BCUT2D eigenvalue weighted by Crippen LogP contribution is -2.48. The van der Waals surface area contributed by atoms with Crippen molar-refractivity contribution in [3.63, 3.8) is 0 Å². The Hall–Kier alpha value is -0.860. The molecule has 1 saturated heterocycles. The molecule has 0 atom stereocenters. The van der Waals surface area contributed by atoms with Crippen molar-refractivity contribution in [2.75, 3.05) is 32.4 Å². The fourth-order valence-electron chi connectivity index (χ4n) is 2.65. The SMILES string of the molecule is CSc1ccc(CN2CCN(S(=O)(=O)c3cccs3)CC2)cc1. The molecule has 7 heteroatoms. The summed E-state index contributed by atoms with van der Waals surface area (Å²) < 4.78 is 27.0. The van der Waals surface area contributed by atoms with Crippen molar-refractivity contribution in [2.24, 2.45) is 0 Å². The van der Waals surface area contributed by atoms with Crippen molar-refractivity contribution in [3.05, 3.63) is 47.3 Å². The van der Waals surface area contributed by atoms with Gasteiger partial charge in [0.25, 0.3) is 10.0 Å². The van der Waals surface area contributed by atoms with Crippen LogP contribution in [0.1, 0.15) is 5.56 Å². The summed E-state index contributed by atoms with van der Waals surface area (Å²) >= 11 is 3.02. The van der Waals surface area contributed by atoms with Crippen LogP contribution >= 0.6 is 23.1 Å². The first-order valence-corrected chi connectivity index (χ1v) is 11.0. The Morgan fingerprint density at radius 3 is 2.35 bits per heavy atom. The van der Waals surface area contributed by atoms with Crippen LogP contribution < -0.4 is 0 Å². The van der Waals surface area contributed by atoms with E-state index in [-0.39, 0.29) is 0 Å². The summed E-state index contributed by atoms with van der Waals surface area (Å²) in [6.07, 6.45) is 2.07. The third-order valence-corrected chi connectivity index (χ3v) is 8.00. The summed E-state index contributed by atoms with van der Waals surface area (Å²) in [4.78, 5) is 3.58. The van der Waals surface area contributed by atoms with Gasteiger partial charge in [-0.05, 0) is 35.4 Å². The van der Waals surface area contributed by atoms with Crippen LogP contribution in [0.2, 0.25) is 0 Å². The molecule has 0 N–H and O–H groups in total. The molecule has 0 unspecified atom stereocenters. The fraction of sp³-hybridized carbons (Fsp3) is 0.375. The minimum Gasteiger partial charge on any atom is -0.296 e. The Labute approximate surface area is 146 Å². The first-order chi connectivity index (χ1) is 11.1. The quantitative estimate of drug-likeness (QED) is 0.761. The number of nitrogens with zero attached hydrogens (tertiary/aromatic N) is 2. The first-order valence-electron chi connectivity index (χ1n) is 7.48. The number of piperazine rings is 1. The number of thiophene rings is 1. The highest BCUT2D eigenvalue weighted by Gasteiger charge is 2.28. The van der Waals surface area contributed by atoms with E-state index < -0.39 is 10.0 Å². The molecular formula is C16H20N2O2S3. The average molecular weight is 369 g/mol. The number of rotatable bonds is 5. The van der Waals surface area contributed by atoms with E-state index in [2.05, 4.69) is 35.4 Å².